The molecule has 1 unspecified atom stereocenters. The number of carbonyl (C=O) groups is 1. The molecule has 19 heavy (non-hydrogen) atoms. The molecule has 0 fully saturated rings. The zero-order valence-corrected chi connectivity index (χ0v) is 11.6. The van der Waals surface area contributed by atoms with E-state index in [2.05, 4.69) is 11.9 Å². The molecule has 0 aliphatic heterocycles. The van der Waals surface area contributed by atoms with Crippen LogP contribution in [0.4, 0.5) is 11.5 Å². The average Bonchev–Trinajstić information content (AvgIpc) is 2.90. The zero-order chi connectivity index (χ0) is 14.0. The number of primary amides is 1. The van der Waals surface area contributed by atoms with Crippen LogP contribution >= 0.6 is 11.3 Å². The number of nitrogens with two attached hydrogens (primary N) is 2. The lowest BCUT2D eigenvalue weighted by Crippen LogP contribution is -2.26. The van der Waals surface area contributed by atoms with Crippen LogP contribution in [0, 0.1) is 0 Å². The zero-order valence-electron chi connectivity index (χ0n) is 10.8. The Balaban J connectivity index is 2.38. The van der Waals surface area contributed by atoms with Crippen molar-refractivity contribution >= 4 is 28.7 Å². The summed E-state index contributed by atoms with van der Waals surface area (Å²) in [6.07, 6.45) is 1.53. The van der Waals surface area contributed by atoms with Gasteiger partial charge in [0.25, 0.3) is 5.91 Å². The number of rotatable bonds is 4. The SMILES string of the molecule is CC(c1cccs1)N(C)c1ncc(N)cc1C(N)=O. The van der Waals surface area contributed by atoms with Gasteiger partial charge in [0.05, 0.1) is 23.5 Å². The highest BCUT2D eigenvalue weighted by atomic mass is 32.1. The standard InChI is InChI=1S/C13H16N4OS/c1-8(11-4-3-5-19-11)17(2)13-10(12(15)18)6-9(14)7-16-13/h3-8H,14H2,1-2H3,(H2,15,18). The van der Waals surface area contributed by atoms with E-state index in [4.69, 9.17) is 11.5 Å². The third-order valence-electron chi connectivity index (χ3n) is 3.02. The number of amides is 1. The van der Waals surface area contributed by atoms with Gasteiger partial charge in [-0.25, -0.2) is 4.98 Å². The topological polar surface area (TPSA) is 85.2 Å². The Morgan fingerprint density at radius 2 is 2.26 bits per heavy atom. The van der Waals surface area contributed by atoms with Gasteiger partial charge in [0.1, 0.15) is 5.82 Å². The van der Waals surface area contributed by atoms with Gasteiger partial charge >= 0.3 is 0 Å². The quantitative estimate of drug-likeness (QED) is 0.894. The molecule has 4 N–H and O–H groups in total. The van der Waals surface area contributed by atoms with E-state index in [0.717, 1.165) is 0 Å². The van der Waals surface area contributed by atoms with E-state index in [1.807, 2.05) is 29.5 Å². The number of carbonyl (C=O) groups excluding carboxylic acids is 1. The molecule has 6 heteroatoms. The van der Waals surface area contributed by atoms with Crippen molar-refractivity contribution in [3.8, 4) is 0 Å². The maximum Gasteiger partial charge on any atom is 0.252 e. The van der Waals surface area contributed by atoms with Gasteiger partial charge in [-0.3, -0.25) is 4.79 Å². The Hall–Kier alpha value is -2.08. The predicted octanol–water partition coefficient (Wildman–Crippen LogP) is 2.02. The summed E-state index contributed by atoms with van der Waals surface area (Å²) in [5, 5.41) is 2.02. The monoisotopic (exact) mass is 276 g/mol. The van der Waals surface area contributed by atoms with Crippen LogP contribution < -0.4 is 16.4 Å². The first kappa shape index (κ1) is 13.4. The number of pyridine rings is 1. The first-order chi connectivity index (χ1) is 9.00. The minimum absolute atomic E-state index is 0.106. The first-order valence-corrected chi connectivity index (χ1v) is 6.70. The Morgan fingerprint density at radius 1 is 1.53 bits per heavy atom. The number of thiophene rings is 1. The molecule has 0 aliphatic carbocycles. The molecule has 0 spiro atoms. The van der Waals surface area contributed by atoms with Crippen molar-refractivity contribution in [2.45, 2.75) is 13.0 Å². The van der Waals surface area contributed by atoms with Crippen molar-refractivity contribution in [3.63, 3.8) is 0 Å². The van der Waals surface area contributed by atoms with Crippen molar-refractivity contribution in [2.75, 3.05) is 17.7 Å². The fourth-order valence-electron chi connectivity index (χ4n) is 1.84. The van der Waals surface area contributed by atoms with Crippen molar-refractivity contribution in [1.82, 2.24) is 4.98 Å². The Labute approximate surface area is 115 Å². The second-order valence-electron chi connectivity index (χ2n) is 4.31. The van der Waals surface area contributed by atoms with E-state index in [0.29, 0.717) is 17.1 Å². The van der Waals surface area contributed by atoms with Crippen molar-refractivity contribution in [1.29, 1.82) is 0 Å². The molecule has 0 bridgehead atoms. The summed E-state index contributed by atoms with van der Waals surface area (Å²) < 4.78 is 0. The number of nitrogens with zero attached hydrogens (tertiary/aromatic N) is 2. The summed E-state index contributed by atoms with van der Waals surface area (Å²) in [5.41, 5.74) is 11.8. The smallest absolute Gasteiger partial charge is 0.252 e. The van der Waals surface area contributed by atoms with E-state index in [-0.39, 0.29) is 6.04 Å². The van der Waals surface area contributed by atoms with E-state index >= 15 is 0 Å². The molecule has 5 nitrogen and oxygen atoms in total. The summed E-state index contributed by atoms with van der Waals surface area (Å²) in [5.74, 6) is 0.0163. The van der Waals surface area contributed by atoms with Crippen LogP contribution in [0.25, 0.3) is 0 Å². The first-order valence-electron chi connectivity index (χ1n) is 5.82. The number of hydrogen-bond acceptors (Lipinski definition) is 5. The maximum atomic E-state index is 11.5. The van der Waals surface area contributed by atoms with E-state index in [9.17, 15) is 4.79 Å². The number of hydrogen-bond donors (Lipinski definition) is 2. The number of anilines is 2. The van der Waals surface area contributed by atoms with Crippen LogP contribution in [0.3, 0.4) is 0 Å². The third-order valence-corrected chi connectivity index (χ3v) is 4.07. The summed E-state index contributed by atoms with van der Waals surface area (Å²) in [7, 11) is 1.88. The summed E-state index contributed by atoms with van der Waals surface area (Å²) in [6, 6.07) is 5.71. The Morgan fingerprint density at radius 3 is 2.84 bits per heavy atom. The fourth-order valence-corrected chi connectivity index (χ4v) is 2.67. The van der Waals surface area contributed by atoms with Gasteiger partial charge in [0, 0.05) is 11.9 Å². The van der Waals surface area contributed by atoms with Crippen LogP contribution in [0.5, 0.6) is 0 Å². The van der Waals surface area contributed by atoms with Crippen molar-refractivity contribution < 1.29 is 4.79 Å². The van der Waals surface area contributed by atoms with Gasteiger partial charge < -0.3 is 16.4 Å². The molecule has 0 radical (unpaired) electrons. The van der Waals surface area contributed by atoms with Crippen LogP contribution in [-0.4, -0.2) is 17.9 Å². The lowest BCUT2D eigenvalue weighted by Gasteiger charge is -2.26. The maximum absolute atomic E-state index is 11.5. The molecule has 2 aromatic heterocycles. The average molecular weight is 276 g/mol. The van der Waals surface area contributed by atoms with Gasteiger partial charge in [-0.2, -0.15) is 0 Å². The highest BCUT2D eigenvalue weighted by Crippen LogP contribution is 2.29. The molecule has 0 aliphatic rings. The molecular formula is C13H16N4OS. The molecule has 0 saturated heterocycles. The summed E-state index contributed by atoms with van der Waals surface area (Å²) in [4.78, 5) is 18.8. The Kier molecular flexibility index (Phi) is 3.71. The molecule has 1 amide bonds. The highest BCUT2D eigenvalue weighted by molar-refractivity contribution is 7.10. The van der Waals surface area contributed by atoms with Gasteiger partial charge in [-0.15, -0.1) is 11.3 Å². The number of nitrogen functional groups attached to an aromatic ring is 1. The molecule has 2 aromatic rings. The second kappa shape index (κ2) is 5.27. The third kappa shape index (κ3) is 2.68. The van der Waals surface area contributed by atoms with Gasteiger partial charge in [0.15, 0.2) is 0 Å². The molecule has 0 aromatic carbocycles. The molecule has 1 atom stereocenters. The van der Waals surface area contributed by atoms with Crippen LogP contribution in [0.2, 0.25) is 0 Å². The largest absolute Gasteiger partial charge is 0.397 e. The minimum atomic E-state index is -0.528. The van der Waals surface area contributed by atoms with E-state index in [1.165, 1.54) is 11.1 Å². The van der Waals surface area contributed by atoms with Crippen LogP contribution in [-0.2, 0) is 0 Å². The normalized spacial score (nSPS) is 12.1. The second-order valence-corrected chi connectivity index (χ2v) is 5.29. The molecular weight excluding hydrogens is 260 g/mol. The van der Waals surface area contributed by atoms with Gasteiger partial charge in [0.2, 0.25) is 0 Å². The minimum Gasteiger partial charge on any atom is -0.397 e. The van der Waals surface area contributed by atoms with Crippen molar-refractivity contribution in [3.05, 3.63) is 40.2 Å². The molecule has 2 heterocycles. The van der Waals surface area contributed by atoms with E-state index in [1.54, 1.807) is 17.4 Å². The summed E-state index contributed by atoms with van der Waals surface area (Å²) >= 11 is 1.66. The van der Waals surface area contributed by atoms with Gasteiger partial charge in [-0.05, 0) is 24.4 Å². The molecule has 100 valence electrons. The fraction of sp³-hybridized carbons (Fsp3) is 0.231. The predicted molar refractivity (Wildman–Crippen MR) is 78.3 cm³/mol. The van der Waals surface area contributed by atoms with Crippen LogP contribution in [0.1, 0.15) is 28.2 Å². The molecule has 2 rings (SSSR count). The van der Waals surface area contributed by atoms with Crippen LogP contribution in [0.15, 0.2) is 29.8 Å². The number of aromatic nitrogens is 1. The molecule has 0 saturated carbocycles. The lowest BCUT2D eigenvalue weighted by atomic mass is 10.2. The van der Waals surface area contributed by atoms with Crippen molar-refractivity contribution in [2.24, 2.45) is 5.73 Å². The summed E-state index contributed by atoms with van der Waals surface area (Å²) in [6.45, 7) is 2.05. The van der Waals surface area contributed by atoms with E-state index < -0.39 is 5.91 Å². The lowest BCUT2D eigenvalue weighted by molar-refractivity contribution is 0.100. The van der Waals surface area contributed by atoms with Gasteiger partial charge in [-0.1, -0.05) is 6.07 Å². The highest BCUT2D eigenvalue weighted by Gasteiger charge is 2.19. The Bertz CT molecular complexity index is 582.